The molecule has 0 atom stereocenters. The summed E-state index contributed by atoms with van der Waals surface area (Å²) in [6.45, 7) is 0. The lowest BCUT2D eigenvalue weighted by Crippen LogP contribution is -2.32. The first-order valence-corrected chi connectivity index (χ1v) is 9.31. The largest absolute Gasteiger partial charge is 0.227 e. The van der Waals surface area contributed by atoms with Gasteiger partial charge in [-0.1, -0.05) is 29.3 Å². The molecule has 0 aliphatic carbocycles. The normalized spacial score (nSPS) is 22.8. The Morgan fingerprint density at radius 3 is 2.00 bits per heavy atom. The third kappa shape index (κ3) is 2.52. The van der Waals surface area contributed by atoms with Crippen LogP contribution in [0.3, 0.4) is 0 Å². The van der Waals surface area contributed by atoms with Gasteiger partial charge in [0.05, 0.1) is 21.6 Å². The van der Waals surface area contributed by atoms with Crippen molar-refractivity contribution < 1.29 is 16.8 Å². The fourth-order valence-corrected chi connectivity index (χ4v) is 7.47. The van der Waals surface area contributed by atoms with Gasteiger partial charge in [-0.15, -0.1) is 0 Å². The summed E-state index contributed by atoms with van der Waals surface area (Å²) in [7, 11) is -7.41. The number of hydrogen-bond donors (Lipinski definition) is 0. The molecule has 0 saturated carbocycles. The maximum Gasteiger partial charge on any atom is 0.187 e. The number of sulfone groups is 2. The Morgan fingerprint density at radius 1 is 0.944 bits per heavy atom. The smallest absolute Gasteiger partial charge is 0.187 e. The van der Waals surface area contributed by atoms with E-state index < -0.39 is 24.3 Å². The van der Waals surface area contributed by atoms with Gasteiger partial charge >= 0.3 is 0 Å². The highest BCUT2D eigenvalue weighted by atomic mass is 35.5. The van der Waals surface area contributed by atoms with E-state index in [2.05, 4.69) is 0 Å². The van der Waals surface area contributed by atoms with Gasteiger partial charge in [0.25, 0.3) is 0 Å². The van der Waals surface area contributed by atoms with Gasteiger partial charge in [-0.05, 0) is 24.1 Å². The third-order valence-electron chi connectivity index (χ3n) is 2.73. The van der Waals surface area contributed by atoms with Gasteiger partial charge in [0.15, 0.2) is 24.3 Å². The average Bonchev–Trinajstić information content (AvgIpc) is 2.20. The van der Waals surface area contributed by atoms with E-state index >= 15 is 0 Å². The molecule has 0 N–H and O–H groups in total. The molecule has 18 heavy (non-hydrogen) atoms. The molecule has 1 fully saturated rings. The van der Waals surface area contributed by atoms with Crippen LogP contribution in [0.4, 0.5) is 0 Å². The summed E-state index contributed by atoms with van der Waals surface area (Å²) in [6.07, 6.45) is 0.141. The lowest BCUT2D eigenvalue weighted by molar-refractivity contribution is 0.567. The minimum absolute atomic E-state index is 0.128. The molecule has 100 valence electrons. The molecule has 1 saturated heterocycles. The van der Waals surface area contributed by atoms with Crippen LogP contribution in [0.2, 0.25) is 10.0 Å². The second-order valence-corrected chi connectivity index (χ2v) is 9.62. The van der Waals surface area contributed by atoms with Crippen molar-refractivity contribution in [1.29, 1.82) is 0 Å². The first-order valence-electron chi connectivity index (χ1n) is 5.12. The van der Waals surface area contributed by atoms with Gasteiger partial charge in [-0.3, -0.25) is 0 Å². The second-order valence-electron chi connectivity index (χ2n) is 4.09. The zero-order chi connectivity index (χ0) is 13.6. The fraction of sp³-hybridized carbons (Fsp3) is 0.400. The van der Waals surface area contributed by atoms with E-state index in [4.69, 9.17) is 23.2 Å². The minimum atomic E-state index is -3.70. The van der Waals surface area contributed by atoms with Crippen LogP contribution in [0.15, 0.2) is 18.2 Å². The molecule has 0 amide bonds. The van der Waals surface area contributed by atoms with Gasteiger partial charge in [0.1, 0.15) is 0 Å². The molecular weight excluding hydrogens is 319 g/mol. The molecule has 0 spiro atoms. The maximum absolute atomic E-state index is 11.9. The molecule has 0 aromatic heterocycles. The first kappa shape index (κ1) is 14.1. The van der Waals surface area contributed by atoms with E-state index in [0.717, 1.165) is 0 Å². The molecule has 1 aliphatic rings. The van der Waals surface area contributed by atoms with E-state index in [1.807, 2.05) is 0 Å². The van der Waals surface area contributed by atoms with E-state index in [-0.39, 0.29) is 33.5 Å². The Kier molecular flexibility index (Phi) is 3.66. The number of hydrogen-bond acceptors (Lipinski definition) is 4. The predicted octanol–water partition coefficient (Wildman–Crippen LogP) is 2.23. The predicted molar refractivity (Wildman–Crippen MR) is 71.4 cm³/mol. The molecule has 1 heterocycles. The average molecular weight is 329 g/mol. The Labute approximate surface area is 116 Å². The minimum Gasteiger partial charge on any atom is -0.227 e. The highest BCUT2D eigenvalue weighted by Crippen LogP contribution is 2.36. The van der Waals surface area contributed by atoms with Gasteiger partial charge < -0.3 is 0 Å². The molecule has 0 radical (unpaired) electrons. The van der Waals surface area contributed by atoms with Crippen molar-refractivity contribution >= 4 is 42.9 Å². The first-order chi connectivity index (χ1) is 8.24. The van der Waals surface area contributed by atoms with Crippen molar-refractivity contribution in [1.82, 2.24) is 0 Å². The Bertz CT molecular complexity index is 646. The standard InChI is InChI=1S/C10H10Cl2O4S2/c11-8-3-2-7(6-9(8)12)10-17(13,14)4-1-5-18(10,15)16/h2-3,6,10H,1,4-5H2. The van der Waals surface area contributed by atoms with Crippen molar-refractivity contribution in [2.45, 2.75) is 11.0 Å². The lowest BCUT2D eigenvalue weighted by Gasteiger charge is -2.23. The van der Waals surface area contributed by atoms with E-state index in [1.165, 1.54) is 18.2 Å². The molecule has 8 heteroatoms. The number of benzene rings is 1. The number of halogens is 2. The molecule has 0 unspecified atom stereocenters. The molecule has 1 aromatic carbocycles. The molecular formula is C10H10Cl2O4S2. The molecule has 2 rings (SSSR count). The van der Waals surface area contributed by atoms with Crippen LogP contribution in [0.5, 0.6) is 0 Å². The SMILES string of the molecule is O=S1(=O)CCCS(=O)(=O)C1c1ccc(Cl)c(Cl)c1. The summed E-state index contributed by atoms with van der Waals surface area (Å²) in [5.41, 5.74) is 0.157. The second kappa shape index (κ2) is 4.67. The van der Waals surface area contributed by atoms with Gasteiger partial charge in [-0.2, -0.15) is 0 Å². The Balaban J connectivity index is 2.62. The lowest BCUT2D eigenvalue weighted by atomic mass is 10.2. The van der Waals surface area contributed by atoms with Crippen LogP contribution in [0, 0.1) is 0 Å². The zero-order valence-corrected chi connectivity index (χ0v) is 12.3. The highest BCUT2D eigenvalue weighted by molar-refractivity contribution is 8.09. The molecule has 0 bridgehead atoms. The Hall–Kier alpha value is -0.300. The van der Waals surface area contributed by atoms with Crippen molar-refractivity contribution in [2.75, 3.05) is 11.5 Å². The maximum atomic E-state index is 11.9. The monoisotopic (exact) mass is 328 g/mol. The highest BCUT2D eigenvalue weighted by Gasteiger charge is 2.42. The quantitative estimate of drug-likeness (QED) is 0.792. The summed E-state index contributed by atoms with van der Waals surface area (Å²) in [4.78, 5) is 0. The van der Waals surface area contributed by atoms with Crippen molar-refractivity contribution in [3.8, 4) is 0 Å². The third-order valence-corrected chi connectivity index (χ3v) is 8.79. The summed E-state index contributed by atoms with van der Waals surface area (Å²) in [5.74, 6) is -0.256. The van der Waals surface area contributed by atoms with Gasteiger partial charge in [0.2, 0.25) is 0 Å². The summed E-state index contributed by atoms with van der Waals surface area (Å²) < 4.78 is 46.2. The van der Waals surface area contributed by atoms with Crippen LogP contribution in [-0.2, 0) is 19.7 Å². The van der Waals surface area contributed by atoms with E-state index in [1.54, 1.807) is 0 Å². The van der Waals surface area contributed by atoms with Crippen molar-refractivity contribution in [3.05, 3.63) is 33.8 Å². The van der Waals surface area contributed by atoms with Crippen LogP contribution in [0.25, 0.3) is 0 Å². The van der Waals surface area contributed by atoms with Crippen molar-refractivity contribution in [2.24, 2.45) is 0 Å². The summed E-state index contributed by atoms with van der Waals surface area (Å²) in [5, 5.41) is 0.399. The summed E-state index contributed by atoms with van der Waals surface area (Å²) in [6, 6.07) is 4.09. The van der Waals surface area contributed by atoms with E-state index in [0.29, 0.717) is 0 Å². The van der Waals surface area contributed by atoms with Crippen molar-refractivity contribution in [3.63, 3.8) is 0 Å². The fourth-order valence-electron chi connectivity index (χ4n) is 1.97. The summed E-state index contributed by atoms with van der Waals surface area (Å²) >= 11 is 11.5. The van der Waals surface area contributed by atoms with Gasteiger partial charge in [0, 0.05) is 0 Å². The zero-order valence-electron chi connectivity index (χ0n) is 9.14. The van der Waals surface area contributed by atoms with E-state index in [9.17, 15) is 16.8 Å². The number of rotatable bonds is 1. The molecule has 1 aromatic rings. The Morgan fingerprint density at radius 2 is 1.50 bits per heavy atom. The van der Waals surface area contributed by atoms with Crippen LogP contribution in [-0.4, -0.2) is 28.3 Å². The topological polar surface area (TPSA) is 68.3 Å². The van der Waals surface area contributed by atoms with Crippen LogP contribution in [0.1, 0.15) is 16.6 Å². The molecule has 1 aliphatic heterocycles. The van der Waals surface area contributed by atoms with Crippen LogP contribution >= 0.6 is 23.2 Å². The molecule has 4 nitrogen and oxygen atoms in total. The van der Waals surface area contributed by atoms with Gasteiger partial charge in [-0.25, -0.2) is 16.8 Å². The van der Waals surface area contributed by atoms with Crippen LogP contribution < -0.4 is 0 Å².